The summed E-state index contributed by atoms with van der Waals surface area (Å²) in [5.41, 5.74) is -1.30. The summed E-state index contributed by atoms with van der Waals surface area (Å²) >= 11 is 0. The van der Waals surface area contributed by atoms with Gasteiger partial charge in [0.25, 0.3) is 0 Å². The van der Waals surface area contributed by atoms with Crippen LogP contribution in [0.25, 0.3) is 0 Å². The van der Waals surface area contributed by atoms with Gasteiger partial charge in [-0.3, -0.25) is 10.0 Å². The summed E-state index contributed by atoms with van der Waals surface area (Å²) in [6.45, 7) is 7.19. The van der Waals surface area contributed by atoms with Crippen molar-refractivity contribution >= 4 is 5.91 Å². The Balaban J connectivity index is 3.02. The van der Waals surface area contributed by atoms with Crippen LogP contribution >= 0.6 is 0 Å². The predicted molar refractivity (Wildman–Crippen MR) is 49.9 cm³/mol. The van der Waals surface area contributed by atoms with Crippen LogP contribution in [0.4, 0.5) is 0 Å². The van der Waals surface area contributed by atoms with Gasteiger partial charge in [-0.15, -0.1) is 0 Å². The van der Waals surface area contributed by atoms with E-state index in [1.165, 1.54) is 0 Å². The van der Waals surface area contributed by atoms with Crippen molar-refractivity contribution in [2.75, 3.05) is 6.54 Å². The first-order valence-electron chi connectivity index (χ1n) is 4.65. The minimum absolute atomic E-state index is 0.101. The van der Waals surface area contributed by atoms with Crippen molar-refractivity contribution in [1.29, 1.82) is 0 Å². The topological polar surface area (TPSA) is 64.0 Å². The van der Waals surface area contributed by atoms with Crippen LogP contribution in [0.1, 0.15) is 34.1 Å². The normalized spacial score (nSPS) is 27.6. The Morgan fingerprint density at radius 1 is 1.14 bits per heavy atom. The minimum Gasteiger partial charge on any atom is -0.313 e. The summed E-state index contributed by atoms with van der Waals surface area (Å²) in [5.74, 6) is -0.361. The van der Waals surface area contributed by atoms with Crippen molar-refractivity contribution in [2.24, 2.45) is 0 Å². The van der Waals surface area contributed by atoms with E-state index in [-0.39, 0.29) is 18.9 Å². The van der Waals surface area contributed by atoms with Gasteiger partial charge < -0.3 is 5.21 Å². The fraction of sp³-hybridized carbons (Fsp3) is 0.889. The van der Waals surface area contributed by atoms with E-state index < -0.39 is 11.1 Å². The smallest absolute Gasteiger partial charge is 0.247 e. The molecule has 5 nitrogen and oxygen atoms in total. The van der Waals surface area contributed by atoms with Crippen molar-refractivity contribution in [1.82, 2.24) is 10.1 Å². The van der Waals surface area contributed by atoms with Gasteiger partial charge in [-0.05, 0) is 27.7 Å². The van der Waals surface area contributed by atoms with E-state index in [2.05, 4.69) is 0 Å². The third-order valence-corrected chi connectivity index (χ3v) is 2.56. The Kier molecular flexibility index (Phi) is 2.60. The molecule has 1 amide bonds. The van der Waals surface area contributed by atoms with Gasteiger partial charge in [-0.1, -0.05) is 0 Å². The molecule has 0 radical (unpaired) electrons. The van der Waals surface area contributed by atoms with Gasteiger partial charge in [0.1, 0.15) is 0 Å². The second-order valence-electron chi connectivity index (χ2n) is 5.06. The molecular weight excluding hydrogens is 184 g/mol. The van der Waals surface area contributed by atoms with Gasteiger partial charge >= 0.3 is 0 Å². The molecule has 1 fully saturated rings. The first-order valence-corrected chi connectivity index (χ1v) is 4.65. The lowest BCUT2D eigenvalue weighted by Crippen LogP contribution is -2.54. The second kappa shape index (κ2) is 3.18. The molecule has 0 aromatic heterocycles. The van der Waals surface area contributed by atoms with Crippen molar-refractivity contribution in [3.8, 4) is 0 Å². The van der Waals surface area contributed by atoms with E-state index in [1.54, 1.807) is 27.7 Å². The summed E-state index contributed by atoms with van der Waals surface area (Å²) in [7, 11) is 0. The lowest BCUT2D eigenvalue weighted by Gasteiger charge is -2.40. The molecule has 0 unspecified atom stereocenters. The third kappa shape index (κ3) is 1.89. The number of amides is 1. The van der Waals surface area contributed by atoms with E-state index >= 15 is 0 Å². The Morgan fingerprint density at radius 2 is 1.64 bits per heavy atom. The van der Waals surface area contributed by atoms with Gasteiger partial charge in [0, 0.05) is 12.0 Å². The monoisotopic (exact) mass is 202 g/mol. The zero-order chi connectivity index (χ0) is 11.1. The van der Waals surface area contributed by atoms with Gasteiger partial charge in [0.15, 0.2) is 0 Å². The molecule has 0 spiro atoms. The van der Waals surface area contributed by atoms with Gasteiger partial charge in [0.05, 0.1) is 12.1 Å². The molecule has 14 heavy (non-hydrogen) atoms. The quantitative estimate of drug-likeness (QED) is 0.572. The highest BCUT2D eigenvalue weighted by molar-refractivity contribution is 5.76. The Morgan fingerprint density at radius 3 is 2.14 bits per heavy atom. The number of hydrogen-bond donors (Lipinski definition) is 2. The fourth-order valence-corrected chi connectivity index (χ4v) is 1.88. The van der Waals surface area contributed by atoms with Gasteiger partial charge in [-0.25, -0.2) is 5.06 Å². The molecule has 1 aliphatic rings. The second-order valence-corrected chi connectivity index (χ2v) is 5.06. The maximum atomic E-state index is 11.4. The number of carbonyl (C=O) groups is 1. The molecule has 82 valence electrons. The van der Waals surface area contributed by atoms with Gasteiger partial charge in [-0.2, -0.15) is 5.06 Å². The molecule has 2 N–H and O–H groups in total. The van der Waals surface area contributed by atoms with E-state index in [1.807, 2.05) is 0 Å². The maximum Gasteiger partial charge on any atom is 0.247 e. The van der Waals surface area contributed by atoms with Crippen molar-refractivity contribution < 1.29 is 15.2 Å². The average molecular weight is 202 g/mol. The fourth-order valence-electron chi connectivity index (χ4n) is 1.88. The molecule has 0 aromatic carbocycles. The lowest BCUT2D eigenvalue weighted by molar-refractivity contribution is -0.226. The number of hydrogen-bond acceptors (Lipinski definition) is 4. The molecular formula is C9H18N2O3. The molecule has 0 bridgehead atoms. The predicted octanol–water partition coefficient (Wildman–Crippen LogP) is 0.856. The number of hydroxylamine groups is 4. The first-order chi connectivity index (χ1) is 6.17. The molecule has 0 atom stereocenters. The first kappa shape index (κ1) is 11.4. The van der Waals surface area contributed by atoms with Crippen LogP contribution in [0.15, 0.2) is 0 Å². The van der Waals surface area contributed by atoms with Crippen LogP contribution in [0.2, 0.25) is 0 Å². The minimum atomic E-state index is -0.655. The van der Waals surface area contributed by atoms with Crippen LogP contribution in [0.3, 0.4) is 0 Å². The van der Waals surface area contributed by atoms with Crippen LogP contribution in [-0.2, 0) is 4.79 Å². The SMILES string of the molecule is CC1(C)CC(=O)N(O)CC(C)(C)N1O. The summed E-state index contributed by atoms with van der Waals surface area (Å²) in [6, 6.07) is 0. The molecule has 5 heteroatoms. The summed E-state index contributed by atoms with van der Waals surface area (Å²) in [4.78, 5) is 11.4. The molecule has 1 saturated heterocycles. The Labute approximate surface area is 83.8 Å². The standard InChI is InChI=1S/C9H18N2O3/c1-8(2)5-7(12)10(13)6-9(3,4)11(8)14/h13-14H,5-6H2,1-4H3. The summed E-state index contributed by atoms with van der Waals surface area (Å²) < 4.78 is 0. The highest BCUT2D eigenvalue weighted by atomic mass is 16.5. The number of rotatable bonds is 0. The van der Waals surface area contributed by atoms with Crippen molar-refractivity contribution in [3.63, 3.8) is 0 Å². The summed E-state index contributed by atoms with van der Waals surface area (Å²) in [5, 5.41) is 21.1. The molecule has 0 aromatic rings. The summed E-state index contributed by atoms with van der Waals surface area (Å²) in [6.07, 6.45) is 0.101. The molecule has 1 heterocycles. The lowest BCUT2D eigenvalue weighted by atomic mass is 9.95. The number of nitrogens with zero attached hydrogens (tertiary/aromatic N) is 2. The zero-order valence-electron chi connectivity index (χ0n) is 9.11. The van der Waals surface area contributed by atoms with Gasteiger partial charge in [0.2, 0.25) is 5.91 Å². The van der Waals surface area contributed by atoms with E-state index in [4.69, 9.17) is 0 Å². The van der Waals surface area contributed by atoms with E-state index in [9.17, 15) is 15.2 Å². The van der Waals surface area contributed by atoms with Crippen LogP contribution in [0.5, 0.6) is 0 Å². The largest absolute Gasteiger partial charge is 0.313 e. The van der Waals surface area contributed by atoms with Crippen molar-refractivity contribution in [2.45, 2.75) is 45.2 Å². The molecule has 0 saturated carbocycles. The molecule has 1 aliphatic heterocycles. The van der Waals surface area contributed by atoms with Crippen molar-refractivity contribution in [3.05, 3.63) is 0 Å². The van der Waals surface area contributed by atoms with Crippen LogP contribution < -0.4 is 0 Å². The average Bonchev–Trinajstić information content (AvgIpc) is 2.03. The highest BCUT2D eigenvalue weighted by Crippen LogP contribution is 2.30. The number of carbonyl (C=O) groups excluding carboxylic acids is 1. The third-order valence-electron chi connectivity index (χ3n) is 2.56. The Bertz CT molecular complexity index is 250. The Hall–Kier alpha value is -0.650. The zero-order valence-corrected chi connectivity index (χ0v) is 9.11. The molecule has 0 aliphatic carbocycles. The molecule has 1 rings (SSSR count). The van der Waals surface area contributed by atoms with E-state index in [0.29, 0.717) is 5.06 Å². The highest BCUT2D eigenvalue weighted by Gasteiger charge is 2.44. The van der Waals surface area contributed by atoms with Crippen LogP contribution in [0, 0.1) is 0 Å². The van der Waals surface area contributed by atoms with E-state index in [0.717, 1.165) is 5.06 Å². The van der Waals surface area contributed by atoms with Crippen LogP contribution in [-0.4, -0.2) is 44.1 Å². The maximum absolute atomic E-state index is 11.4.